The molecule has 0 aliphatic heterocycles. The molecule has 24 heteroatoms. The first-order chi connectivity index (χ1) is 38.7. The molecule has 8 aromatic carbocycles. The first kappa shape index (κ1) is 61.0. The number of halogens is 8. The highest BCUT2D eigenvalue weighted by Crippen LogP contribution is 2.56. The van der Waals surface area contributed by atoms with Crippen LogP contribution in [0, 0.1) is 6.92 Å². The van der Waals surface area contributed by atoms with E-state index >= 15 is 0 Å². The molecule has 0 saturated heterocycles. The molecule has 82 heavy (non-hydrogen) atoms. The number of rotatable bonds is 15. The molecule has 0 heterocycles. The van der Waals surface area contributed by atoms with Crippen LogP contribution in [0.4, 0.5) is 45.5 Å². The molecule has 8 aromatic rings. The van der Waals surface area contributed by atoms with Crippen LogP contribution in [0.25, 0.3) is 0 Å². The quantitative estimate of drug-likeness (QED) is 0.0457. The van der Waals surface area contributed by atoms with E-state index in [1.807, 2.05) is 0 Å². The number of azo groups is 4. The summed E-state index contributed by atoms with van der Waals surface area (Å²) in [6.07, 6.45) is 0. The molecular weight excluding hydrogens is 1220 g/mol. The SMILES string of the molecule is Cc1cc(C(C)c2cc(C(C)c3cc(C(C)c4cc(C(C)C)c(O)c(N=Nc5cc(Cl)cc(Cl)c5)c4O)c(O)c(N=Nc4cc(Cl)cc(Cl)c4)c3O)c(O)c(N=Nc3cc(Cl)cc(Cl)c3)c2O)c(O)c(N=Nc2cc(Cl)cc(Cl)c2)c1O. The van der Waals surface area contributed by atoms with Crippen LogP contribution >= 0.6 is 92.8 Å². The van der Waals surface area contributed by atoms with E-state index in [1.165, 1.54) is 91.0 Å². The van der Waals surface area contributed by atoms with Gasteiger partial charge in [-0.25, -0.2) is 0 Å². The zero-order valence-corrected chi connectivity index (χ0v) is 49.8. The Morgan fingerprint density at radius 3 is 0.683 bits per heavy atom. The predicted octanol–water partition coefficient (Wildman–Crippen LogP) is 22.1. The topological polar surface area (TPSA) is 261 Å². The third-order valence-electron chi connectivity index (χ3n) is 13.3. The van der Waals surface area contributed by atoms with Gasteiger partial charge < -0.3 is 40.9 Å². The summed E-state index contributed by atoms with van der Waals surface area (Å²) in [6, 6.07) is 23.4. The van der Waals surface area contributed by atoms with Crippen molar-refractivity contribution in [1.82, 2.24) is 0 Å². The first-order valence-corrected chi connectivity index (χ1v) is 27.6. The van der Waals surface area contributed by atoms with Crippen molar-refractivity contribution in [2.24, 2.45) is 40.9 Å². The summed E-state index contributed by atoms with van der Waals surface area (Å²) < 4.78 is 0. The van der Waals surface area contributed by atoms with Crippen LogP contribution in [-0.4, -0.2) is 40.9 Å². The Balaban J connectivity index is 1.35. The van der Waals surface area contributed by atoms with Gasteiger partial charge in [0.2, 0.25) is 0 Å². The molecule has 8 rings (SSSR count). The van der Waals surface area contributed by atoms with Crippen LogP contribution in [0.3, 0.4) is 0 Å². The Hall–Kier alpha value is -7.12. The molecule has 3 unspecified atom stereocenters. The van der Waals surface area contributed by atoms with E-state index in [0.29, 0.717) is 5.56 Å². The summed E-state index contributed by atoms with van der Waals surface area (Å²) in [6.45, 7) is 10.0. The average Bonchev–Trinajstić information content (AvgIpc) is 2.58. The third-order valence-corrected chi connectivity index (χ3v) is 15.0. The third kappa shape index (κ3) is 13.2. The number of hydrogen-bond donors (Lipinski definition) is 8. The lowest BCUT2D eigenvalue weighted by molar-refractivity contribution is 0.433. The second-order valence-electron chi connectivity index (χ2n) is 19.3. The van der Waals surface area contributed by atoms with Crippen LogP contribution in [-0.2, 0) is 0 Å². The number of aryl methyl sites for hydroxylation is 1. The van der Waals surface area contributed by atoms with E-state index in [0.717, 1.165) is 0 Å². The first-order valence-electron chi connectivity index (χ1n) is 24.5. The lowest BCUT2D eigenvalue weighted by Crippen LogP contribution is -2.06. The Morgan fingerprint density at radius 2 is 0.451 bits per heavy atom. The molecule has 0 aliphatic rings. The summed E-state index contributed by atoms with van der Waals surface area (Å²) in [7, 11) is 0. The molecular formula is C58H46Cl8N8O8. The number of phenolic OH excluding ortho intramolecular Hbond substituents is 8. The monoisotopic (exact) mass is 1260 g/mol. The van der Waals surface area contributed by atoms with Crippen LogP contribution < -0.4 is 0 Å². The van der Waals surface area contributed by atoms with Crippen molar-refractivity contribution < 1.29 is 40.9 Å². The van der Waals surface area contributed by atoms with Crippen molar-refractivity contribution in [3.05, 3.63) is 182 Å². The van der Waals surface area contributed by atoms with Crippen molar-refractivity contribution in [3.63, 3.8) is 0 Å². The molecule has 16 nitrogen and oxygen atoms in total. The van der Waals surface area contributed by atoms with Gasteiger partial charge in [-0.15, -0.1) is 20.5 Å². The standard InChI is InChI=1S/C58H46Cl8N8O8/c1-23(2)40-20-42(54(78)48(52(40)76)72-68-37-14-30(61)9-31(62)15-37)26(5)44-22-46(58(82)50(56(44)80)74-70-39-18-34(65)11-35(66)19-39)27(6)45-21-43(55(79)49(57(45)81)73-69-38-16-32(63)10-33(64)17-38)25(4)41-7-24(3)51(75)47(53(41)77)71-67-36-12-28(59)8-29(60)13-36/h7-23,25-27,75-82H,1-6H3. The maximum Gasteiger partial charge on any atom is 0.169 e. The minimum absolute atomic E-state index is 0.00549. The fraction of sp³-hybridized carbons (Fsp3) is 0.172. The maximum atomic E-state index is 12.4. The van der Waals surface area contributed by atoms with Crippen LogP contribution in [0.1, 0.15) is 103 Å². The van der Waals surface area contributed by atoms with Crippen LogP contribution in [0.15, 0.2) is 138 Å². The van der Waals surface area contributed by atoms with Gasteiger partial charge in [0.15, 0.2) is 57.2 Å². The van der Waals surface area contributed by atoms with Gasteiger partial charge in [0.1, 0.15) is 11.5 Å². The van der Waals surface area contributed by atoms with Gasteiger partial charge >= 0.3 is 0 Å². The smallest absolute Gasteiger partial charge is 0.169 e. The van der Waals surface area contributed by atoms with Gasteiger partial charge in [-0.3, -0.25) is 0 Å². The van der Waals surface area contributed by atoms with Crippen molar-refractivity contribution in [2.45, 2.75) is 65.2 Å². The maximum absolute atomic E-state index is 12.4. The Morgan fingerprint density at radius 1 is 0.256 bits per heavy atom. The molecule has 0 radical (unpaired) electrons. The highest BCUT2D eigenvalue weighted by molar-refractivity contribution is 6.36. The highest BCUT2D eigenvalue weighted by atomic mass is 35.5. The summed E-state index contributed by atoms with van der Waals surface area (Å²) in [4.78, 5) is 0. The number of hydrogen-bond acceptors (Lipinski definition) is 16. The van der Waals surface area contributed by atoms with Crippen molar-refractivity contribution in [3.8, 4) is 46.0 Å². The molecule has 0 aromatic heterocycles. The van der Waals surface area contributed by atoms with E-state index in [2.05, 4.69) is 40.9 Å². The van der Waals surface area contributed by atoms with Crippen LogP contribution in [0.5, 0.6) is 46.0 Å². The van der Waals surface area contributed by atoms with Crippen LogP contribution in [0.2, 0.25) is 40.2 Å². The summed E-state index contributed by atoms with van der Waals surface area (Å²) in [5.41, 5.74) is -0.00784. The predicted molar refractivity (Wildman–Crippen MR) is 323 cm³/mol. The fourth-order valence-corrected chi connectivity index (χ4v) is 11.1. The average molecular weight is 1270 g/mol. The molecule has 0 amide bonds. The Kier molecular flexibility index (Phi) is 18.7. The molecule has 0 bridgehead atoms. The van der Waals surface area contributed by atoms with Gasteiger partial charge in [0.25, 0.3) is 0 Å². The van der Waals surface area contributed by atoms with Crippen molar-refractivity contribution in [1.29, 1.82) is 0 Å². The fourth-order valence-electron chi connectivity index (χ4n) is 9.00. The zero-order chi connectivity index (χ0) is 59.8. The number of nitrogens with zero attached hydrogens (tertiary/aromatic N) is 8. The largest absolute Gasteiger partial charge is 0.505 e. The second-order valence-corrected chi connectivity index (χ2v) is 22.8. The summed E-state index contributed by atoms with van der Waals surface area (Å²) in [5.74, 6) is -7.88. The van der Waals surface area contributed by atoms with E-state index in [4.69, 9.17) is 92.8 Å². The van der Waals surface area contributed by atoms with Crippen molar-refractivity contribution in [2.75, 3.05) is 0 Å². The molecule has 422 valence electrons. The second kappa shape index (κ2) is 25.2. The van der Waals surface area contributed by atoms with Gasteiger partial charge in [-0.2, -0.15) is 20.5 Å². The van der Waals surface area contributed by atoms with E-state index in [-0.39, 0.29) is 125 Å². The highest BCUT2D eigenvalue weighted by Gasteiger charge is 2.33. The Labute approximate surface area is 509 Å². The van der Waals surface area contributed by atoms with Gasteiger partial charge in [0.05, 0.1) is 22.7 Å². The molecule has 8 N–H and O–H groups in total. The van der Waals surface area contributed by atoms with Gasteiger partial charge in [-0.1, -0.05) is 127 Å². The lowest BCUT2D eigenvalue weighted by atomic mass is 9.82. The van der Waals surface area contributed by atoms with E-state index in [9.17, 15) is 40.9 Å². The van der Waals surface area contributed by atoms with E-state index in [1.54, 1.807) is 47.6 Å². The lowest BCUT2D eigenvalue weighted by Gasteiger charge is -2.25. The summed E-state index contributed by atoms with van der Waals surface area (Å²) >= 11 is 50.1. The molecule has 0 fully saturated rings. The number of phenols is 8. The molecule has 0 saturated carbocycles. The Bertz CT molecular complexity index is 3910. The minimum Gasteiger partial charge on any atom is -0.505 e. The zero-order valence-electron chi connectivity index (χ0n) is 43.7. The van der Waals surface area contributed by atoms with E-state index < -0.39 is 69.4 Å². The minimum atomic E-state index is -1.15. The number of aromatic hydroxyl groups is 8. The molecule has 0 spiro atoms. The number of benzene rings is 8. The summed E-state index contributed by atoms with van der Waals surface area (Å²) in [5, 5.41) is 132. The molecule has 0 aliphatic carbocycles. The normalized spacial score (nSPS) is 13.2. The van der Waals surface area contributed by atoms with Gasteiger partial charge in [-0.05, 0) is 121 Å². The van der Waals surface area contributed by atoms with Gasteiger partial charge in [0, 0.05) is 91.3 Å². The van der Waals surface area contributed by atoms with Crippen molar-refractivity contribution >= 4 is 138 Å². The molecule has 3 atom stereocenters.